The van der Waals surface area contributed by atoms with Crippen molar-refractivity contribution in [2.75, 3.05) is 0 Å². The van der Waals surface area contributed by atoms with Crippen LogP contribution in [0.25, 0.3) is 5.78 Å². The Hall–Kier alpha value is -1.63. The number of hydrogen-bond donors (Lipinski definition) is 1. The molecule has 1 N–H and O–H groups in total. The Morgan fingerprint density at radius 2 is 2.14 bits per heavy atom. The molecule has 2 aromatic heterocycles. The zero-order valence-electron chi connectivity index (χ0n) is 12.7. The summed E-state index contributed by atoms with van der Waals surface area (Å²) in [6.45, 7) is 1.90. The second kappa shape index (κ2) is 7.09. The third-order valence-electron chi connectivity index (χ3n) is 3.95. The minimum Gasteiger partial charge on any atom is -0.352 e. The Kier molecular flexibility index (Phi) is 4.92. The predicted octanol–water partition coefficient (Wildman–Crippen LogP) is 2.44. The maximum absolute atomic E-state index is 12.3. The average molecular weight is 319 g/mol. The first-order valence-corrected chi connectivity index (χ1v) is 8.75. The molecule has 1 aliphatic rings. The first kappa shape index (κ1) is 15.3. The summed E-state index contributed by atoms with van der Waals surface area (Å²) in [5.74, 6) is 0.630. The van der Waals surface area contributed by atoms with Crippen LogP contribution in [-0.4, -0.2) is 36.8 Å². The van der Waals surface area contributed by atoms with E-state index in [9.17, 15) is 4.79 Å². The van der Waals surface area contributed by atoms with Gasteiger partial charge in [0.2, 0.25) is 11.1 Å². The van der Waals surface area contributed by atoms with E-state index in [1.165, 1.54) is 37.4 Å². The van der Waals surface area contributed by atoms with Crippen LogP contribution in [0.5, 0.6) is 0 Å². The quantitative estimate of drug-likeness (QED) is 0.692. The van der Waals surface area contributed by atoms with Gasteiger partial charge in [-0.15, -0.1) is 5.10 Å². The lowest BCUT2D eigenvalue weighted by molar-refractivity contribution is -0.121. The molecule has 0 saturated heterocycles. The van der Waals surface area contributed by atoms with Gasteiger partial charge in [0.25, 0.3) is 5.78 Å². The normalized spacial score (nSPS) is 18.0. The average Bonchev–Trinajstić information content (AvgIpc) is 2.74. The van der Waals surface area contributed by atoms with Crippen LogP contribution in [0.2, 0.25) is 0 Å². The number of rotatable bonds is 4. The van der Waals surface area contributed by atoms with Crippen LogP contribution >= 0.6 is 11.8 Å². The summed E-state index contributed by atoms with van der Waals surface area (Å²) >= 11 is 1.38. The van der Waals surface area contributed by atoms with E-state index in [0.29, 0.717) is 17.0 Å². The minimum atomic E-state index is -0.208. The number of thioether (sulfide) groups is 1. The molecule has 0 spiro atoms. The number of nitrogens with one attached hydrogen (secondary N) is 1. The summed E-state index contributed by atoms with van der Waals surface area (Å²) in [6.07, 6.45) is 10.7. The van der Waals surface area contributed by atoms with Crippen LogP contribution in [0.3, 0.4) is 0 Å². The first-order chi connectivity index (χ1) is 10.7. The molecular weight excluding hydrogens is 298 g/mol. The van der Waals surface area contributed by atoms with E-state index in [0.717, 1.165) is 12.8 Å². The molecule has 3 rings (SSSR count). The topological polar surface area (TPSA) is 72.2 Å². The Morgan fingerprint density at radius 1 is 1.36 bits per heavy atom. The molecule has 7 heteroatoms. The summed E-state index contributed by atoms with van der Waals surface area (Å²) < 4.78 is 1.62. The van der Waals surface area contributed by atoms with Crippen LogP contribution in [0.15, 0.2) is 23.6 Å². The van der Waals surface area contributed by atoms with Crippen LogP contribution in [0.1, 0.15) is 45.4 Å². The van der Waals surface area contributed by atoms with E-state index < -0.39 is 0 Å². The Labute approximate surface area is 134 Å². The van der Waals surface area contributed by atoms with E-state index in [2.05, 4.69) is 20.4 Å². The van der Waals surface area contributed by atoms with Crippen molar-refractivity contribution in [3.8, 4) is 0 Å². The molecule has 6 nitrogen and oxygen atoms in total. The largest absolute Gasteiger partial charge is 0.352 e. The highest BCUT2D eigenvalue weighted by Crippen LogP contribution is 2.22. The highest BCUT2D eigenvalue weighted by Gasteiger charge is 2.21. The fourth-order valence-electron chi connectivity index (χ4n) is 2.72. The van der Waals surface area contributed by atoms with Crippen molar-refractivity contribution >= 4 is 23.4 Å². The molecule has 1 atom stereocenters. The molecule has 1 aliphatic carbocycles. The van der Waals surface area contributed by atoms with Gasteiger partial charge in [0.05, 0.1) is 5.25 Å². The zero-order chi connectivity index (χ0) is 15.4. The Morgan fingerprint density at radius 3 is 2.86 bits per heavy atom. The molecule has 1 fully saturated rings. The van der Waals surface area contributed by atoms with Gasteiger partial charge in [-0.05, 0) is 25.8 Å². The summed E-state index contributed by atoms with van der Waals surface area (Å²) in [6, 6.07) is 2.13. The molecule has 22 heavy (non-hydrogen) atoms. The molecule has 0 aliphatic heterocycles. The van der Waals surface area contributed by atoms with Gasteiger partial charge in [-0.2, -0.15) is 4.98 Å². The molecule has 1 saturated carbocycles. The summed E-state index contributed by atoms with van der Waals surface area (Å²) in [5, 5.41) is 7.88. The second-order valence-corrected chi connectivity index (χ2v) is 7.02. The zero-order valence-corrected chi connectivity index (χ0v) is 13.6. The molecule has 0 aromatic carbocycles. The fourth-order valence-corrected chi connectivity index (χ4v) is 3.48. The SMILES string of the molecule is C[C@H](Sc1nc2ncccn2n1)C(=O)NC1CCCCCC1. The van der Waals surface area contributed by atoms with Crippen molar-refractivity contribution in [1.29, 1.82) is 0 Å². The van der Waals surface area contributed by atoms with Crippen LogP contribution in [0, 0.1) is 0 Å². The number of carbonyl (C=O) groups excluding carboxylic acids is 1. The summed E-state index contributed by atoms with van der Waals surface area (Å²) in [7, 11) is 0. The van der Waals surface area contributed by atoms with E-state index in [-0.39, 0.29) is 11.2 Å². The lowest BCUT2D eigenvalue weighted by Gasteiger charge is -2.18. The Bertz CT molecular complexity index is 603. The molecule has 1 amide bonds. The van der Waals surface area contributed by atoms with Crippen molar-refractivity contribution in [2.45, 2.75) is 61.9 Å². The number of aromatic nitrogens is 4. The fraction of sp³-hybridized carbons (Fsp3) is 0.600. The maximum atomic E-state index is 12.3. The predicted molar refractivity (Wildman–Crippen MR) is 85.7 cm³/mol. The number of fused-ring (bicyclic) bond motifs is 1. The standard InChI is InChI=1S/C15H21N5OS/c1-11(13(21)17-12-7-4-2-3-5-8-12)22-15-18-14-16-9-6-10-20(14)19-15/h6,9-12H,2-5,7-8H2,1H3,(H,17,21)/t11-/m0/s1. The first-order valence-electron chi connectivity index (χ1n) is 7.87. The second-order valence-electron chi connectivity index (χ2n) is 5.72. The number of hydrogen-bond acceptors (Lipinski definition) is 5. The van der Waals surface area contributed by atoms with Gasteiger partial charge in [0.1, 0.15) is 0 Å². The molecule has 2 aromatic rings. The van der Waals surface area contributed by atoms with Gasteiger partial charge < -0.3 is 5.32 Å². The van der Waals surface area contributed by atoms with E-state index in [1.807, 2.05) is 6.92 Å². The van der Waals surface area contributed by atoms with Crippen molar-refractivity contribution in [3.05, 3.63) is 18.5 Å². The molecule has 2 heterocycles. The van der Waals surface area contributed by atoms with E-state index in [4.69, 9.17) is 0 Å². The van der Waals surface area contributed by atoms with Gasteiger partial charge in [-0.3, -0.25) is 4.79 Å². The summed E-state index contributed by atoms with van der Waals surface area (Å²) in [4.78, 5) is 20.8. The highest BCUT2D eigenvalue weighted by molar-refractivity contribution is 8.00. The van der Waals surface area contributed by atoms with Gasteiger partial charge in [0, 0.05) is 18.4 Å². The van der Waals surface area contributed by atoms with Crippen molar-refractivity contribution < 1.29 is 4.79 Å². The summed E-state index contributed by atoms with van der Waals surface area (Å²) in [5.41, 5.74) is 0. The molecular formula is C15H21N5OS. The van der Waals surface area contributed by atoms with Crippen molar-refractivity contribution in [2.24, 2.45) is 0 Å². The van der Waals surface area contributed by atoms with E-state index >= 15 is 0 Å². The van der Waals surface area contributed by atoms with Crippen LogP contribution in [0.4, 0.5) is 0 Å². The lowest BCUT2D eigenvalue weighted by Crippen LogP contribution is -2.39. The number of carbonyl (C=O) groups is 1. The molecule has 0 bridgehead atoms. The van der Waals surface area contributed by atoms with E-state index in [1.54, 1.807) is 23.0 Å². The third kappa shape index (κ3) is 3.76. The van der Waals surface area contributed by atoms with Gasteiger partial charge in [0.15, 0.2) is 0 Å². The van der Waals surface area contributed by atoms with Crippen molar-refractivity contribution in [3.63, 3.8) is 0 Å². The third-order valence-corrected chi connectivity index (χ3v) is 4.90. The van der Waals surface area contributed by atoms with Crippen LogP contribution < -0.4 is 5.32 Å². The maximum Gasteiger partial charge on any atom is 0.253 e. The molecule has 118 valence electrons. The highest BCUT2D eigenvalue weighted by atomic mass is 32.2. The molecule has 0 radical (unpaired) electrons. The van der Waals surface area contributed by atoms with Crippen LogP contribution in [-0.2, 0) is 4.79 Å². The number of nitrogens with zero attached hydrogens (tertiary/aromatic N) is 4. The van der Waals surface area contributed by atoms with Gasteiger partial charge >= 0.3 is 0 Å². The number of amides is 1. The monoisotopic (exact) mass is 319 g/mol. The lowest BCUT2D eigenvalue weighted by atomic mass is 10.1. The smallest absolute Gasteiger partial charge is 0.253 e. The van der Waals surface area contributed by atoms with Gasteiger partial charge in [-0.1, -0.05) is 37.4 Å². The molecule has 0 unspecified atom stereocenters. The van der Waals surface area contributed by atoms with Gasteiger partial charge in [-0.25, -0.2) is 9.50 Å². The minimum absolute atomic E-state index is 0.0729. The Balaban J connectivity index is 1.58. The van der Waals surface area contributed by atoms with Crippen molar-refractivity contribution in [1.82, 2.24) is 24.9 Å².